The number of pyridine rings is 1. The van der Waals surface area contributed by atoms with Gasteiger partial charge >= 0.3 is 6.09 Å². The summed E-state index contributed by atoms with van der Waals surface area (Å²) in [6, 6.07) is 7.58. The number of benzene rings is 1. The van der Waals surface area contributed by atoms with E-state index in [-0.39, 0.29) is 6.09 Å². The summed E-state index contributed by atoms with van der Waals surface area (Å²) in [5.41, 5.74) is 0.395. The first-order valence-corrected chi connectivity index (χ1v) is 9.84. The van der Waals surface area contributed by atoms with Gasteiger partial charge in [-0.25, -0.2) is 4.79 Å². The Balaban J connectivity index is 1.44. The SMILES string of the molecule is CC(C)(C)OC(=O)N1CCC(CCOc2ccc3c(Cl)ccnc3c2)CC1. The van der Waals surface area contributed by atoms with Gasteiger partial charge in [-0.3, -0.25) is 4.98 Å². The Hall–Kier alpha value is -2.01. The molecule has 27 heavy (non-hydrogen) atoms. The fourth-order valence-electron chi connectivity index (χ4n) is 3.26. The molecule has 0 aliphatic carbocycles. The lowest BCUT2D eigenvalue weighted by Crippen LogP contribution is -2.41. The van der Waals surface area contributed by atoms with Crippen LogP contribution in [0, 0.1) is 5.92 Å². The van der Waals surface area contributed by atoms with Crippen molar-refractivity contribution >= 4 is 28.6 Å². The lowest BCUT2D eigenvalue weighted by Gasteiger charge is -2.33. The Labute approximate surface area is 165 Å². The van der Waals surface area contributed by atoms with Crippen LogP contribution >= 0.6 is 11.6 Å². The van der Waals surface area contributed by atoms with Crippen molar-refractivity contribution in [1.29, 1.82) is 0 Å². The summed E-state index contributed by atoms with van der Waals surface area (Å²) in [6.07, 6.45) is 4.44. The molecule has 0 N–H and O–H groups in total. The van der Waals surface area contributed by atoms with Gasteiger partial charge in [-0.15, -0.1) is 0 Å². The fourth-order valence-corrected chi connectivity index (χ4v) is 3.47. The quantitative estimate of drug-likeness (QED) is 0.710. The molecule has 0 unspecified atom stereocenters. The molecule has 0 atom stereocenters. The largest absolute Gasteiger partial charge is 0.494 e. The molecule has 1 saturated heterocycles. The summed E-state index contributed by atoms with van der Waals surface area (Å²) in [5, 5.41) is 1.63. The lowest BCUT2D eigenvalue weighted by atomic mass is 9.94. The Morgan fingerprint density at radius 2 is 2.00 bits per heavy atom. The minimum absolute atomic E-state index is 0.209. The number of rotatable bonds is 4. The van der Waals surface area contributed by atoms with Gasteiger partial charge in [-0.1, -0.05) is 11.6 Å². The number of ether oxygens (including phenoxy) is 2. The monoisotopic (exact) mass is 390 g/mol. The van der Waals surface area contributed by atoms with Gasteiger partial charge in [0, 0.05) is 30.7 Å². The van der Waals surface area contributed by atoms with Crippen LogP contribution in [-0.4, -0.2) is 41.3 Å². The van der Waals surface area contributed by atoms with E-state index >= 15 is 0 Å². The Bertz CT molecular complexity index is 796. The zero-order chi connectivity index (χ0) is 19.4. The Morgan fingerprint density at radius 3 is 2.70 bits per heavy atom. The summed E-state index contributed by atoms with van der Waals surface area (Å²) in [6.45, 7) is 7.83. The molecule has 1 aliphatic rings. The van der Waals surface area contributed by atoms with Crippen molar-refractivity contribution in [2.45, 2.75) is 45.6 Å². The molecular formula is C21H27ClN2O3. The second-order valence-corrected chi connectivity index (χ2v) is 8.43. The second-order valence-electron chi connectivity index (χ2n) is 8.02. The van der Waals surface area contributed by atoms with E-state index in [0.717, 1.165) is 49.0 Å². The van der Waals surface area contributed by atoms with Crippen molar-refractivity contribution in [1.82, 2.24) is 9.88 Å². The smallest absolute Gasteiger partial charge is 0.410 e. The average Bonchev–Trinajstić information content (AvgIpc) is 2.61. The topological polar surface area (TPSA) is 51.7 Å². The van der Waals surface area contributed by atoms with E-state index < -0.39 is 5.60 Å². The van der Waals surface area contributed by atoms with E-state index in [1.165, 1.54) is 0 Å². The van der Waals surface area contributed by atoms with Crippen LogP contribution in [0.5, 0.6) is 5.75 Å². The van der Waals surface area contributed by atoms with E-state index in [1.807, 2.05) is 39.0 Å². The molecule has 0 saturated carbocycles. The first-order chi connectivity index (χ1) is 12.8. The molecule has 6 heteroatoms. The molecule has 0 radical (unpaired) electrons. The number of fused-ring (bicyclic) bond motifs is 1. The van der Waals surface area contributed by atoms with E-state index in [1.54, 1.807) is 17.2 Å². The maximum absolute atomic E-state index is 12.1. The van der Waals surface area contributed by atoms with Crippen LogP contribution in [0.4, 0.5) is 4.79 Å². The molecule has 2 aromatic rings. The van der Waals surface area contributed by atoms with Crippen molar-refractivity contribution in [3.8, 4) is 5.75 Å². The zero-order valence-corrected chi connectivity index (χ0v) is 17.0. The molecule has 1 amide bonds. The molecule has 0 spiro atoms. The van der Waals surface area contributed by atoms with Crippen LogP contribution in [0.2, 0.25) is 5.02 Å². The van der Waals surface area contributed by atoms with Gasteiger partial charge in [0.05, 0.1) is 17.1 Å². The predicted octanol–water partition coefficient (Wildman–Crippen LogP) is 5.30. The molecule has 5 nitrogen and oxygen atoms in total. The van der Waals surface area contributed by atoms with Crippen LogP contribution in [0.15, 0.2) is 30.5 Å². The van der Waals surface area contributed by atoms with E-state index in [9.17, 15) is 4.79 Å². The molecule has 2 heterocycles. The highest BCUT2D eigenvalue weighted by atomic mass is 35.5. The molecule has 1 aromatic heterocycles. The summed E-state index contributed by atoms with van der Waals surface area (Å²) < 4.78 is 11.4. The average molecular weight is 391 g/mol. The lowest BCUT2D eigenvalue weighted by molar-refractivity contribution is 0.0177. The van der Waals surface area contributed by atoms with Gasteiger partial charge in [0.15, 0.2) is 0 Å². The van der Waals surface area contributed by atoms with Gasteiger partial charge in [0.2, 0.25) is 0 Å². The maximum Gasteiger partial charge on any atom is 0.410 e. The van der Waals surface area contributed by atoms with Gasteiger partial charge in [-0.05, 0) is 64.2 Å². The summed E-state index contributed by atoms with van der Waals surface area (Å²) in [7, 11) is 0. The molecule has 0 bridgehead atoms. The molecule has 1 aliphatic heterocycles. The fraction of sp³-hybridized carbons (Fsp3) is 0.524. The normalized spacial score (nSPS) is 15.8. The van der Waals surface area contributed by atoms with E-state index in [0.29, 0.717) is 17.5 Å². The summed E-state index contributed by atoms with van der Waals surface area (Å²) in [4.78, 5) is 18.3. The third-order valence-corrected chi connectivity index (χ3v) is 5.05. The van der Waals surface area contributed by atoms with Crippen molar-refractivity contribution < 1.29 is 14.3 Å². The van der Waals surface area contributed by atoms with Crippen molar-refractivity contribution in [2.75, 3.05) is 19.7 Å². The van der Waals surface area contributed by atoms with Crippen molar-refractivity contribution in [2.24, 2.45) is 5.92 Å². The molecular weight excluding hydrogens is 364 g/mol. The number of aromatic nitrogens is 1. The number of halogens is 1. The molecule has 3 rings (SSSR count). The number of carbonyl (C=O) groups is 1. The standard InChI is InChI=1S/C21H27ClN2O3/c1-21(2,3)27-20(25)24-11-7-15(8-12-24)9-13-26-16-4-5-17-18(22)6-10-23-19(17)14-16/h4-6,10,14-15H,7-9,11-13H2,1-3H3. The maximum atomic E-state index is 12.1. The van der Waals surface area contributed by atoms with Crippen LogP contribution in [0.3, 0.4) is 0 Å². The molecule has 1 aromatic carbocycles. The molecule has 1 fully saturated rings. The third-order valence-electron chi connectivity index (χ3n) is 4.72. The highest BCUT2D eigenvalue weighted by Gasteiger charge is 2.26. The third kappa shape index (κ3) is 5.48. The summed E-state index contributed by atoms with van der Waals surface area (Å²) in [5.74, 6) is 1.38. The van der Waals surface area contributed by atoms with E-state index in [4.69, 9.17) is 21.1 Å². The minimum Gasteiger partial charge on any atom is -0.494 e. The number of carbonyl (C=O) groups excluding carboxylic acids is 1. The number of likely N-dealkylation sites (tertiary alicyclic amines) is 1. The first kappa shape index (κ1) is 19.7. The van der Waals surface area contributed by atoms with Crippen LogP contribution in [0.1, 0.15) is 40.0 Å². The van der Waals surface area contributed by atoms with Gasteiger partial charge < -0.3 is 14.4 Å². The van der Waals surface area contributed by atoms with Crippen molar-refractivity contribution in [3.05, 3.63) is 35.5 Å². The second kappa shape index (κ2) is 8.34. The Morgan fingerprint density at radius 1 is 1.26 bits per heavy atom. The van der Waals surface area contributed by atoms with Crippen molar-refractivity contribution in [3.63, 3.8) is 0 Å². The summed E-state index contributed by atoms with van der Waals surface area (Å²) >= 11 is 6.17. The van der Waals surface area contributed by atoms with Crippen LogP contribution in [-0.2, 0) is 4.74 Å². The zero-order valence-electron chi connectivity index (χ0n) is 16.2. The first-order valence-electron chi connectivity index (χ1n) is 9.47. The molecule has 146 valence electrons. The number of nitrogens with zero attached hydrogens (tertiary/aromatic N) is 2. The van der Waals surface area contributed by atoms with Gasteiger partial charge in [-0.2, -0.15) is 0 Å². The van der Waals surface area contributed by atoms with Gasteiger partial charge in [0.25, 0.3) is 0 Å². The van der Waals surface area contributed by atoms with E-state index in [2.05, 4.69) is 4.98 Å². The number of hydrogen-bond donors (Lipinski definition) is 0. The highest BCUT2D eigenvalue weighted by molar-refractivity contribution is 6.35. The van der Waals surface area contributed by atoms with Crippen LogP contribution < -0.4 is 4.74 Å². The number of hydrogen-bond acceptors (Lipinski definition) is 4. The van der Waals surface area contributed by atoms with Gasteiger partial charge in [0.1, 0.15) is 11.4 Å². The minimum atomic E-state index is -0.444. The number of amides is 1. The predicted molar refractivity (Wildman–Crippen MR) is 107 cm³/mol. The van der Waals surface area contributed by atoms with Crippen LogP contribution in [0.25, 0.3) is 10.9 Å². The Kier molecular flexibility index (Phi) is 6.10. The number of piperidine rings is 1. The highest BCUT2D eigenvalue weighted by Crippen LogP contribution is 2.26.